The van der Waals surface area contributed by atoms with Crippen molar-refractivity contribution in [3.05, 3.63) is 84.1 Å². The third-order valence-corrected chi connectivity index (χ3v) is 5.03. The van der Waals surface area contributed by atoms with E-state index in [0.717, 1.165) is 17.7 Å². The highest BCUT2D eigenvalue weighted by Crippen LogP contribution is 2.38. The molecular formula is C24H14F4N4O3. The van der Waals surface area contributed by atoms with Gasteiger partial charge in [-0.05, 0) is 54.1 Å². The van der Waals surface area contributed by atoms with Gasteiger partial charge in [-0.25, -0.2) is 9.37 Å². The Kier molecular flexibility index (Phi) is 5.51. The number of hydrogen-bond donors (Lipinski definition) is 1. The summed E-state index contributed by atoms with van der Waals surface area (Å²) in [6.07, 6.45) is -3.11. The van der Waals surface area contributed by atoms with Gasteiger partial charge in [-0.1, -0.05) is 12.1 Å². The summed E-state index contributed by atoms with van der Waals surface area (Å²) >= 11 is 0. The first-order chi connectivity index (χ1) is 16.8. The first-order valence-corrected chi connectivity index (χ1v) is 10.2. The molecule has 0 unspecified atom stereocenters. The molecule has 2 aromatic carbocycles. The highest BCUT2D eigenvalue weighted by Gasteiger charge is 2.31. The lowest BCUT2D eigenvalue weighted by Gasteiger charge is -2.11. The molecule has 0 aliphatic heterocycles. The van der Waals surface area contributed by atoms with Crippen molar-refractivity contribution in [3.63, 3.8) is 0 Å². The molecule has 0 radical (unpaired) electrons. The van der Waals surface area contributed by atoms with E-state index in [2.05, 4.69) is 24.9 Å². The van der Waals surface area contributed by atoms with Gasteiger partial charge < -0.3 is 14.3 Å². The third kappa shape index (κ3) is 4.74. The molecule has 11 heteroatoms. The zero-order valence-corrected chi connectivity index (χ0v) is 17.6. The Morgan fingerprint density at radius 2 is 1.66 bits per heavy atom. The van der Waals surface area contributed by atoms with E-state index in [-0.39, 0.29) is 46.7 Å². The zero-order chi connectivity index (χ0) is 24.6. The quantitative estimate of drug-likeness (QED) is 0.322. The normalized spacial score (nSPS) is 11.7. The molecule has 5 aromatic rings. The molecule has 0 saturated carbocycles. The first kappa shape index (κ1) is 22.3. The second-order valence-corrected chi connectivity index (χ2v) is 7.43. The number of aromatic hydroxyl groups is 1. The minimum atomic E-state index is -4.81. The van der Waals surface area contributed by atoms with Crippen LogP contribution < -0.4 is 4.74 Å². The predicted octanol–water partition coefficient (Wildman–Crippen LogP) is 5.68. The highest BCUT2D eigenvalue weighted by atomic mass is 19.4. The summed E-state index contributed by atoms with van der Waals surface area (Å²) in [6, 6.07) is 14.2. The van der Waals surface area contributed by atoms with Gasteiger partial charge >= 0.3 is 6.36 Å². The molecule has 35 heavy (non-hydrogen) atoms. The van der Waals surface area contributed by atoms with Crippen molar-refractivity contribution >= 4 is 10.9 Å². The van der Waals surface area contributed by atoms with Crippen LogP contribution >= 0.6 is 0 Å². The monoisotopic (exact) mass is 482 g/mol. The van der Waals surface area contributed by atoms with Gasteiger partial charge in [0.15, 0.2) is 11.4 Å². The van der Waals surface area contributed by atoms with Gasteiger partial charge in [0.05, 0.1) is 12.1 Å². The largest absolute Gasteiger partial charge is 0.573 e. The molecule has 3 aromatic heterocycles. The standard InChI is InChI=1S/C24H14F4N4O3/c25-15-7-3-13(4-8-15)12-18-31-32-23(34-18)21-22(33)20-17(2-1-11-29-20)19(30-21)14-5-9-16(10-6-14)35-24(26,27)28/h1-11,33H,12H2. The van der Waals surface area contributed by atoms with E-state index in [1.807, 2.05) is 0 Å². The Bertz CT molecular complexity index is 1500. The minimum absolute atomic E-state index is 0.0420. The summed E-state index contributed by atoms with van der Waals surface area (Å²) < 4.78 is 60.3. The van der Waals surface area contributed by atoms with Crippen LogP contribution in [0.3, 0.4) is 0 Å². The average Bonchev–Trinajstić information content (AvgIpc) is 3.29. The van der Waals surface area contributed by atoms with Gasteiger partial charge in [0.2, 0.25) is 5.89 Å². The first-order valence-electron chi connectivity index (χ1n) is 10.2. The second kappa shape index (κ2) is 8.67. The lowest BCUT2D eigenvalue weighted by Crippen LogP contribution is -2.16. The van der Waals surface area contributed by atoms with E-state index in [1.54, 1.807) is 24.3 Å². The minimum Gasteiger partial charge on any atom is -0.504 e. The number of rotatable bonds is 5. The molecule has 3 heterocycles. The van der Waals surface area contributed by atoms with Gasteiger partial charge in [-0.3, -0.25) is 4.98 Å². The molecule has 0 amide bonds. The number of benzene rings is 2. The summed E-state index contributed by atoms with van der Waals surface area (Å²) in [5.74, 6) is -0.916. The van der Waals surface area contributed by atoms with Crippen LogP contribution in [0, 0.1) is 5.82 Å². The lowest BCUT2D eigenvalue weighted by atomic mass is 10.0. The number of nitrogens with zero attached hydrogens (tertiary/aromatic N) is 4. The molecule has 7 nitrogen and oxygen atoms in total. The van der Waals surface area contributed by atoms with Crippen LogP contribution in [-0.4, -0.2) is 31.6 Å². The zero-order valence-electron chi connectivity index (χ0n) is 17.6. The fraction of sp³-hybridized carbons (Fsp3) is 0.0833. The topological polar surface area (TPSA) is 94.2 Å². The van der Waals surface area contributed by atoms with E-state index < -0.39 is 6.36 Å². The maximum atomic E-state index is 13.1. The van der Waals surface area contributed by atoms with Crippen LogP contribution in [0.25, 0.3) is 33.7 Å². The van der Waals surface area contributed by atoms with Crippen molar-refractivity contribution in [2.24, 2.45) is 0 Å². The summed E-state index contributed by atoms with van der Waals surface area (Å²) in [7, 11) is 0. The number of fused-ring (bicyclic) bond motifs is 1. The average molecular weight is 482 g/mol. The van der Waals surface area contributed by atoms with Gasteiger partial charge in [0.1, 0.15) is 17.1 Å². The van der Waals surface area contributed by atoms with Crippen LogP contribution in [-0.2, 0) is 6.42 Å². The molecule has 1 N–H and O–H groups in total. The number of alkyl halides is 3. The maximum Gasteiger partial charge on any atom is 0.573 e. The highest BCUT2D eigenvalue weighted by molar-refractivity contribution is 5.98. The smallest absolute Gasteiger partial charge is 0.504 e. The van der Waals surface area contributed by atoms with Crippen LogP contribution in [0.4, 0.5) is 17.6 Å². The molecule has 0 bridgehead atoms. The van der Waals surface area contributed by atoms with E-state index in [4.69, 9.17) is 4.42 Å². The molecule has 0 spiro atoms. The van der Waals surface area contributed by atoms with E-state index in [1.165, 1.54) is 30.5 Å². The van der Waals surface area contributed by atoms with Gasteiger partial charge in [0, 0.05) is 17.1 Å². The molecule has 0 aliphatic carbocycles. The van der Waals surface area contributed by atoms with E-state index in [0.29, 0.717) is 16.6 Å². The molecule has 0 saturated heterocycles. The van der Waals surface area contributed by atoms with Crippen molar-refractivity contribution in [1.29, 1.82) is 0 Å². The molecule has 5 rings (SSSR count). The number of halogens is 4. The Hall–Kier alpha value is -4.54. The van der Waals surface area contributed by atoms with Gasteiger partial charge in [-0.15, -0.1) is 23.4 Å². The second-order valence-electron chi connectivity index (χ2n) is 7.43. The summed E-state index contributed by atoms with van der Waals surface area (Å²) in [5, 5.41) is 19.2. The van der Waals surface area contributed by atoms with Crippen molar-refractivity contribution in [2.45, 2.75) is 12.8 Å². The van der Waals surface area contributed by atoms with Crippen LogP contribution in [0.1, 0.15) is 11.5 Å². The summed E-state index contributed by atoms with van der Waals surface area (Å²) in [4.78, 5) is 8.69. The van der Waals surface area contributed by atoms with Crippen molar-refractivity contribution < 1.29 is 31.8 Å². The Morgan fingerprint density at radius 3 is 2.37 bits per heavy atom. The van der Waals surface area contributed by atoms with Crippen LogP contribution in [0.15, 0.2) is 71.3 Å². The maximum absolute atomic E-state index is 13.1. The number of ether oxygens (including phenoxy) is 1. The number of pyridine rings is 2. The Balaban J connectivity index is 1.55. The van der Waals surface area contributed by atoms with E-state index >= 15 is 0 Å². The molecule has 0 atom stereocenters. The lowest BCUT2D eigenvalue weighted by molar-refractivity contribution is -0.274. The van der Waals surface area contributed by atoms with Gasteiger partial charge in [0.25, 0.3) is 5.89 Å². The fourth-order valence-electron chi connectivity index (χ4n) is 3.50. The Labute approximate surface area is 194 Å². The fourth-order valence-corrected chi connectivity index (χ4v) is 3.50. The van der Waals surface area contributed by atoms with Crippen molar-refractivity contribution in [2.75, 3.05) is 0 Å². The molecule has 0 fully saturated rings. The third-order valence-electron chi connectivity index (χ3n) is 5.03. The summed E-state index contributed by atoms with van der Waals surface area (Å²) in [5.41, 5.74) is 1.67. The SMILES string of the molecule is Oc1c(-c2nnc(Cc3ccc(F)cc3)o2)nc(-c2ccc(OC(F)(F)F)cc2)c2cccnc12. The predicted molar refractivity (Wildman–Crippen MR) is 116 cm³/mol. The van der Waals surface area contributed by atoms with E-state index in [9.17, 15) is 22.7 Å². The Morgan fingerprint density at radius 1 is 0.914 bits per heavy atom. The molecule has 176 valence electrons. The number of hydrogen-bond acceptors (Lipinski definition) is 7. The molecule has 0 aliphatic rings. The van der Waals surface area contributed by atoms with Crippen LogP contribution in [0.2, 0.25) is 0 Å². The van der Waals surface area contributed by atoms with Crippen LogP contribution in [0.5, 0.6) is 11.5 Å². The summed E-state index contributed by atoms with van der Waals surface area (Å²) in [6.45, 7) is 0. The van der Waals surface area contributed by atoms with Crippen molar-refractivity contribution in [1.82, 2.24) is 20.2 Å². The number of aromatic nitrogens is 4. The van der Waals surface area contributed by atoms with Crippen molar-refractivity contribution in [3.8, 4) is 34.3 Å². The molecular weight excluding hydrogens is 468 g/mol. The van der Waals surface area contributed by atoms with Gasteiger partial charge in [-0.2, -0.15) is 0 Å².